The van der Waals surface area contributed by atoms with E-state index < -0.39 is 28.5 Å². The van der Waals surface area contributed by atoms with Crippen molar-refractivity contribution in [3.8, 4) is 5.75 Å². The number of amides is 2. The summed E-state index contributed by atoms with van der Waals surface area (Å²) in [5.41, 5.74) is 3.06. The van der Waals surface area contributed by atoms with Crippen LogP contribution in [0.15, 0.2) is 78.9 Å². The summed E-state index contributed by atoms with van der Waals surface area (Å²) < 4.78 is 32.8. The largest absolute Gasteiger partial charge is 0.492 e. The summed E-state index contributed by atoms with van der Waals surface area (Å²) in [7, 11) is -3.89. The molecule has 0 saturated heterocycles. The maximum absolute atomic E-state index is 14.2. The van der Waals surface area contributed by atoms with Crippen molar-refractivity contribution in [3.05, 3.63) is 95.6 Å². The highest BCUT2D eigenvalue weighted by Gasteiger charge is 2.34. The molecule has 3 aromatic carbocycles. The van der Waals surface area contributed by atoms with Crippen LogP contribution in [0.25, 0.3) is 0 Å². The van der Waals surface area contributed by atoms with Crippen molar-refractivity contribution >= 4 is 27.5 Å². The molecular formula is C32H41N3O5S. The number of hydrogen-bond acceptors (Lipinski definition) is 5. The Hall–Kier alpha value is -3.85. The summed E-state index contributed by atoms with van der Waals surface area (Å²) in [5, 5.41) is 3.04. The van der Waals surface area contributed by atoms with Crippen molar-refractivity contribution in [2.24, 2.45) is 0 Å². The summed E-state index contributed by atoms with van der Waals surface area (Å²) in [6.07, 6.45) is 2.06. The van der Waals surface area contributed by atoms with Gasteiger partial charge in [-0.15, -0.1) is 0 Å². The second-order valence-corrected chi connectivity index (χ2v) is 12.1. The van der Waals surface area contributed by atoms with Crippen molar-refractivity contribution < 1.29 is 22.7 Å². The van der Waals surface area contributed by atoms with Crippen LogP contribution >= 0.6 is 0 Å². The quantitative estimate of drug-likeness (QED) is 0.298. The van der Waals surface area contributed by atoms with E-state index in [0.29, 0.717) is 12.4 Å². The first-order chi connectivity index (χ1) is 19.5. The minimum absolute atomic E-state index is 0.0947. The van der Waals surface area contributed by atoms with Gasteiger partial charge in [-0.2, -0.15) is 0 Å². The van der Waals surface area contributed by atoms with Gasteiger partial charge in [0.15, 0.2) is 0 Å². The van der Waals surface area contributed by atoms with Gasteiger partial charge in [0.2, 0.25) is 21.8 Å². The van der Waals surface area contributed by atoms with Crippen LogP contribution in [0.4, 0.5) is 5.69 Å². The Morgan fingerprint density at radius 1 is 0.902 bits per heavy atom. The maximum atomic E-state index is 14.2. The number of anilines is 1. The Bertz CT molecular complexity index is 1390. The fraction of sp³-hybridized carbons (Fsp3) is 0.375. The minimum atomic E-state index is -3.89. The molecule has 0 unspecified atom stereocenters. The average Bonchev–Trinajstić information content (AvgIpc) is 2.95. The minimum Gasteiger partial charge on any atom is -0.492 e. The molecule has 41 heavy (non-hydrogen) atoms. The number of aryl methyl sites for hydroxylation is 1. The van der Waals surface area contributed by atoms with Gasteiger partial charge in [0, 0.05) is 19.0 Å². The second kappa shape index (κ2) is 14.7. The van der Waals surface area contributed by atoms with E-state index in [1.807, 2.05) is 75.4 Å². The molecule has 220 valence electrons. The van der Waals surface area contributed by atoms with Crippen molar-refractivity contribution in [2.75, 3.05) is 23.7 Å². The van der Waals surface area contributed by atoms with Crippen molar-refractivity contribution in [3.63, 3.8) is 0 Å². The number of sulfonamides is 1. The summed E-state index contributed by atoms with van der Waals surface area (Å²) in [6.45, 7) is 7.65. The topological polar surface area (TPSA) is 96.0 Å². The summed E-state index contributed by atoms with van der Waals surface area (Å²) in [5.74, 6) is -0.430. The third-order valence-corrected chi connectivity index (χ3v) is 7.99. The Balaban J connectivity index is 2.08. The van der Waals surface area contributed by atoms with Gasteiger partial charge in [0.1, 0.15) is 18.3 Å². The van der Waals surface area contributed by atoms with Crippen molar-refractivity contribution in [2.45, 2.75) is 59.2 Å². The van der Waals surface area contributed by atoms with Crippen LogP contribution in [-0.4, -0.2) is 56.6 Å². The number of para-hydroxylation sites is 2. The first kappa shape index (κ1) is 31.7. The molecule has 3 aromatic rings. The van der Waals surface area contributed by atoms with Gasteiger partial charge in [-0.1, -0.05) is 79.2 Å². The normalized spacial score (nSPS) is 12.7. The number of rotatable bonds is 14. The fourth-order valence-corrected chi connectivity index (χ4v) is 5.27. The first-order valence-electron chi connectivity index (χ1n) is 13.9. The molecule has 0 saturated carbocycles. The van der Waals surface area contributed by atoms with Crippen LogP contribution in [0.3, 0.4) is 0 Å². The number of hydrogen-bond donors (Lipinski definition) is 1. The molecule has 3 rings (SSSR count). The molecule has 0 fully saturated rings. The van der Waals surface area contributed by atoms with E-state index in [1.165, 1.54) is 4.90 Å². The molecule has 2 amide bonds. The van der Waals surface area contributed by atoms with Crippen molar-refractivity contribution in [1.29, 1.82) is 0 Å². The average molecular weight is 580 g/mol. The fourth-order valence-electron chi connectivity index (χ4n) is 4.42. The summed E-state index contributed by atoms with van der Waals surface area (Å²) >= 11 is 0. The Kier molecular flexibility index (Phi) is 11.3. The number of carbonyl (C=O) groups excluding carboxylic acids is 2. The lowest BCUT2D eigenvalue weighted by molar-refractivity contribution is -0.140. The Morgan fingerprint density at radius 2 is 1.54 bits per heavy atom. The van der Waals surface area contributed by atoms with E-state index in [2.05, 4.69) is 5.32 Å². The zero-order valence-electron chi connectivity index (χ0n) is 24.5. The van der Waals surface area contributed by atoms with Gasteiger partial charge in [-0.05, 0) is 50.5 Å². The number of carbonyl (C=O) groups is 2. The van der Waals surface area contributed by atoms with Gasteiger partial charge in [0.25, 0.3) is 0 Å². The monoisotopic (exact) mass is 579 g/mol. The molecule has 1 N–H and O–H groups in total. The third-order valence-electron chi connectivity index (χ3n) is 6.86. The van der Waals surface area contributed by atoms with Crippen molar-refractivity contribution in [1.82, 2.24) is 10.2 Å². The second-order valence-electron chi connectivity index (χ2n) is 10.2. The predicted octanol–water partition coefficient (Wildman–Crippen LogP) is 4.71. The molecule has 0 spiro atoms. The highest BCUT2D eigenvalue weighted by Crippen LogP contribution is 2.30. The van der Waals surface area contributed by atoms with Crippen LogP contribution in [-0.2, 0) is 32.6 Å². The molecule has 0 aliphatic carbocycles. The van der Waals surface area contributed by atoms with E-state index in [-0.39, 0.29) is 30.6 Å². The molecule has 2 atom stereocenters. The maximum Gasteiger partial charge on any atom is 0.244 e. The van der Waals surface area contributed by atoms with Crippen LogP contribution in [0.2, 0.25) is 0 Å². The number of benzene rings is 3. The van der Waals surface area contributed by atoms with E-state index in [0.717, 1.165) is 33.7 Å². The lowest BCUT2D eigenvalue weighted by Crippen LogP contribution is -2.54. The van der Waals surface area contributed by atoms with Gasteiger partial charge in [0.05, 0.1) is 18.6 Å². The number of nitrogens with one attached hydrogen (secondary N) is 1. The van der Waals surface area contributed by atoms with E-state index in [9.17, 15) is 18.0 Å². The Labute approximate surface area is 244 Å². The molecule has 0 bridgehead atoms. The molecule has 8 nitrogen and oxygen atoms in total. The highest BCUT2D eigenvalue weighted by molar-refractivity contribution is 7.92. The summed E-state index contributed by atoms with van der Waals surface area (Å²) in [6, 6.07) is 23.0. The number of ether oxygens (including phenoxy) is 1. The van der Waals surface area contributed by atoms with Crippen LogP contribution in [0.1, 0.15) is 43.9 Å². The molecule has 0 aromatic heterocycles. The van der Waals surface area contributed by atoms with Gasteiger partial charge < -0.3 is 15.0 Å². The van der Waals surface area contributed by atoms with Gasteiger partial charge in [-0.25, -0.2) is 8.42 Å². The zero-order valence-corrected chi connectivity index (χ0v) is 25.4. The molecular weight excluding hydrogens is 538 g/mol. The SMILES string of the molecule is CCOc1ccccc1N(CC(=O)N(Cc1ccc(C)cc1)[C@H](Cc1ccccc1)C(=O)N[C@@H](C)CC)S(C)(=O)=O. The smallest absolute Gasteiger partial charge is 0.244 e. The molecule has 0 heterocycles. The van der Waals surface area contributed by atoms with Crippen LogP contribution in [0, 0.1) is 6.92 Å². The van der Waals surface area contributed by atoms with Crippen LogP contribution in [0.5, 0.6) is 5.75 Å². The molecule has 0 radical (unpaired) electrons. The third kappa shape index (κ3) is 9.08. The standard InChI is InChI=1S/C32H41N3O5S/c1-6-25(4)33-32(37)29(21-26-13-9-8-10-14-26)34(22-27-19-17-24(3)18-20-27)31(36)23-35(41(5,38)39)28-15-11-12-16-30(28)40-7-2/h8-20,25,29H,6-7,21-23H2,1-5H3,(H,33,37)/t25-,29+/m0/s1. The zero-order chi connectivity index (χ0) is 30.0. The molecule has 9 heteroatoms. The summed E-state index contributed by atoms with van der Waals surface area (Å²) in [4.78, 5) is 29.4. The van der Waals surface area contributed by atoms with E-state index >= 15 is 0 Å². The lowest BCUT2D eigenvalue weighted by Gasteiger charge is -2.34. The van der Waals surface area contributed by atoms with E-state index in [4.69, 9.17) is 4.74 Å². The first-order valence-corrected chi connectivity index (χ1v) is 15.8. The highest BCUT2D eigenvalue weighted by atomic mass is 32.2. The lowest BCUT2D eigenvalue weighted by atomic mass is 10.0. The molecule has 0 aliphatic heterocycles. The predicted molar refractivity (Wildman–Crippen MR) is 163 cm³/mol. The number of nitrogens with zero attached hydrogens (tertiary/aromatic N) is 2. The van der Waals surface area contributed by atoms with E-state index in [1.54, 1.807) is 31.2 Å². The Morgan fingerprint density at radius 3 is 2.15 bits per heavy atom. The molecule has 0 aliphatic rings. The van der Waals surface area contributed by atoms with Gasteiger partial charge in [-0.3, -0.25) is 13.9 Å². The van der Waals surface area contributed by atoms with Gasteiger partial charge >= 0.3 is 0 Å². The van der Waals surface area contributed by atoms with Crippen LogP contribution < -0.4 is 14.4 Å².